The molecule has 3 nitrogen and oxygen atoms in total. The van der Waals surface area contributed by atoms with Gasteiger partial charge in [-0.3, -0.25) is 0 Å². The largest absolute Gasteiger partial charge is 0.388 e. The van der Waals surface area contributed by atoms with E-state index in [1.54, 1.807) is 0 Å². The third kappa shape index (κ3) is 3.12. The van der Waals surface area contributed by atoms with Crippen molar-refractivity contribution >= 4 is 0 Å². The lowest BCUT2D eigenvalue weighted by Gasteiger charge is -2.52. The third-order valence-corrected chi connectivity index (χ3v) is 5.88. The first kappa shape index (κ1) is 16.8. The molecule has 2 unspecified atom stereocenters. The molecule has 2 rings (SSSR count). The van der Waals surface area contributed by atoms with Crippen molar-refractivity contribution in [3.63, 3.8) is 0 Å². The predicted octanol–water partition coefficient (Wildman–Crippen LogP) is 4.05. The Labute approximate surface area is 129 Å². The maximum absolute atomic E-state index is 11.3. The molecule has 21 heavy (non-hydrogen) atoms. The number of hydrogen-bond acceptors (Lipinski definition) is 3. The molecule has 120 valence electrons. The Morgan fingerprint density at radius 2 is 1.57 bits per heavy atom. The summed E-state index contributed by atoms with van der Waals surface area (Å²) in [6, 6.07) is 2.54. The van der Waals surface area contributed by atoms with Crippen LogP contribution >= 0.6 is 0 Å². The minimum absolute atomic E-state index is 0.0318. The SMILES string of the molecule is CC1CC(O)(C2(C#N)CCC(C(C)(C)C)CC2)CC(C)O1. The molecule has 0 aromatic carbocycles. The highest BCUT2D eigenvalue weighted by Crippen LogP contribution is 2.54. The summed E-state index contributed by atoms with van der Waals surface area (Å²) in [4.78, 5) is 0. The molecule has 1 heterocycles. The van der Waals surface area contributed by atoms with Crippen molar-refractivity contribution in [2.45, 2.75) is 91.0 Å². The second kappa shape index (κ2) is 5.56. The van der Waals surface area contributed by atoms with Gasteiger partial charge in [0.05, 0.1) is 29.3 Å². The highest BCUT2D eigenvalue weighted by atomic mass is 16.5. The van der Waals surface area contributed by atoms with E-state index in [1.165, 1.54) is 0 Å². The third-order valence-electron chi connectivity index (χ3n) is 5.88. The van der Waals surface area contributed by atoms with Crippen LogP contribution < -0.4 is 0 Å². The number of hydrogen-bond donors (Lipinski definition) is 1. The number of nitrogens with zero attached hydrogens (tertiary/aromatic N) is 1. The van der Waals surface area contributed by atoms with Gasteiger partial charge in [-0.05, 0) is 50.9 Å². The van der Waals surface area contributed by atoms with Crippen LogP contribution in [0.3, 0.4) is 0 Å². The molecular formula is C18H31NO2. The number of aliphatic hydroxyl groups is 1. The number of ether oxygens (including phenoxy) is 1. The molecule has 1 saturated carbocycles. The molecule has 0 radical (unpaired) electrons. The Bertz CT molecular complexity index is 400. The van der Waals surface area contributed by atoms with Crippen LogP contribution in [0.4, 0.5) is 0 Å². The van der Waals surface area contributed by atoms with Crippen molar-refractivity contribution in [2.24, 2.45) is 16.7 Å². The summed E-state index contributed by atoms with van der Waals surface area (Å²) in [5.41, 5.74) is -1.18. The zero-order valence-electron chi connectivity index (χ0n) is 14.3. The highest BCUT2D eigenvalue weighted by molar-refractivity contribution is 5.15. The predicted molar refractivity (Wildman–Crippen MR) is 83.7 cm³/mol. The molecule has 0 aromatic heterocycles. The van der Waals surface area contributed by atoms with Gasteiger partial charge in [-0.1, -0.05) is 20.8 Å². The monoisotopic (exact) mass is 293 g/mol. The first-order valence-electron chi connectivity index (χ1n) is 8.41. The second-order valence-electron chi connectivity index (χ2n) is 8.53. The summed E-state index contributed by atoms with van der Waals surface area (Å²) in [6.45, 7) is 10.9. The van der Waals surface area contributed by atoms with E-state index in [0.717, 1.165) is 25.7 Å². The van der Waals surface area contributed by atoms with E-state index in [-0.39, 0.29) is 12.2 Å². The van der Waals surface area contributed by atoms with Crippen molar-refractivity contribution in [2.75, 3.05) is 0 Å². The lowest BCUT2D eigenvalue weighted by molar-refractivity contribution is -0.183. The molecule has 0 aromatic rings. The van der Waals surface area contributed by atoms with E-state index in [9.17, 15) is 10.4 Å². The van der Waals surface area contributed by atoms with Crippen LogP contribution in [0.15, 0.2) is 0 Å². The summed E-state index contributed by atoms with van der Waals surface area (Å²) in [7, 11) is 0. The van der Waals surface area contributed by atoms with Gasteiger partial charge in [0.25, 0.3) is 0 Å². The zero-order chi connectivity index (χ0) is 15.9. The van der Waals surface area contributed by atoms with Gasteiger partial charge in [-0.15, -0.1) is 0 Å². The van der Waals surface area contributed by atoms with E-state index < -0.39 is 11.0 Å². The van der Waals surface area contributed by atoms with Crippen LogP contribution in [-0.2, 0) is 4.74 Å². The van der Waals surface area contributed by atoms with Crippen LogP contribution in [0.2, 0.25) is 0 Å². The van der Waals surface area contributed by atoms with E-state index in [0.29, 0.717) is 24.2 Å². The van der Waals surface area contributed by atoms with Crippen LogP contribution in [0, 0.1) is 28.1 Å². The van der Waals surface area contributed by atoms with Crippen molar-refractivity contribution in [3.05, 3.63) is 0 Å². The van der Waals surface area contributed by atoms with Crippen LogP contribution in [0.25, 0.3) is 0 Å². The van der Waals surface area contributed by atoms with Crippen LogP contribution in [0.1, 0.15) is 73.1 Å². The van der Waals surface area contributed by atoms with E-state index in [1.807, 2.05) is 13.8 Å². The van der Waals surface area contributed by atoms with Gasteiger partial charge in [-0.25, -0.2) is 0 Å². The Morgan fingerprint density at radius 1 is 1.10 bits per heavy atom. The summed E-state index contributed by atoms with van der Waals surface area (Å²) < 4.78 is 5.77. The molecule has 0 bridgehead atoms. The van der Waals surface area contributed by atoms with Crippen molar-refractivity contribution in [1.82, 2.24) is 0 Å². The molecular weight excluding hydrogens is 262 g/mol. The number of rotatable bonds is 1. The fraction of sp³-hybridized carbons (Fsp3) is 0.944. The standard InChI is InChI=1S/C18H31NO2/c1-13-10-18(20,11-14(2)21-13)17(12-19)8-6-15(7-9-17)16(3,4)5/h13-15,20H,6-11H2,1-5H3. The maximum atomic E-state index is 11.3. The van der Waals surface area contributed by atoms with Crippen molar-refractivity contribution in [1.29, 1.82) is 5.26 Å². The lowest BCUT2D eigenvalue weighted by atomic mass is 9.56. The van der Waals surface area contributed by atoms with E-state index in [4.69, 9.17) is 4.74 Å². The van der Waals surface area contributed by atoms with Gasteiger partial charge in [0.1, 0.15) is 0 Å². The quantitative estimate of drug-likeness (QED) is 0.793. The molecule has 1 saturated heterocycles. The van der Waals surface area contributed by atoms with Gasteiger partial charge in [0.2, 0.25) is 0 Å². The van der Waals surface area contributed by atoms with E-state index >= 15 is 0 Å². The first-order valence-corrected chi connectivity index (χ1v) is 8.41. The van der Waals surface area contributed by atoms with Crippen LogP contribution in [0.5, 0.6) is 0 Å². The Hall–Kier alpha value is -0.590. The molecule has 1 aliphatic carbocycles. The summed E-state index contributed by atoms with van der Waals surface area (Å²) in [5.74, 6) is 0.650. The minimum atomic E-state index is -0.887. The van der Waals surface area contributed by atoms with Gasteiger partial charge in [0.15, 0.2) is 0 Å². The molecule has 0 spiro atoms. The lowest BCUT2D eigenvalue weighted by Crippen LogP contribution is -2.56. The molecule has 3 heteroatoms. The Balaban J connectivity index is 2.18. The molecule has 2 atom stereocenters. The average molecular weight is 293 g/mol. The molecule has 2 aliphatic rings. The second-order valence-corrected chi connectivity index (χ2v) is 8.53. The summed E-state index contributed by atoms with van der Waals surface area (Å²) in [5, 5.41) is 21.1. The molecule has 1 aliphatic heterocycles. The topological polar surface area (TPSA) is 53.2 Å². The minimum Gasteiger partial charge on any atom is -0.388 e. The Kier molecular flexibility index (Phi) is 4.44. The highest BCUT2D eigenvalue weighted by Gasteiger charge is 2.55. The molecule has 2 fully saturated rings. The fourth-order valence-electron chi connectivity index (χ4n) is 4.58. The summed E-state index contributed by atoms with van der Waals surface area (Å²) >= 11 is 0. The van der Waals surface area contributed by atoms with Gasteiger partial charge in [-0.2, -0.15) is 5.26 Å². The van der Waals surface area contributed by atoms with E-state index in [2.05, 4.69) is 26.8 Å². The first-order chi connectivity index (χ1) is 9.62. The zero-order valence-corrected chi connectivity index (χ0v) is 14.3. The fourth-order valence-corrected chi connectivity index (χ4v) is 4.58. The molecule has 1 N–H and O–H groups in total. The van der Waals surface area contributed by atoms with Crippen LogP contribution in [-0.4, -0.2) is 22.9 Å². The van der Waals surface area contributed by atoms with Gasteiger partial charge >= 0.3 is 0 Å². The van der Waals surface area contributed by atoms with Gasteiger partial charge in [0, 0.05) is 12.8 Å². The van der Waals surface area contributed by atoms with Crippen molar-refractivity contribution < 1.29 is 9.84 Å². The van der Waals surface area contributed by atoms with Crippen molar-refractivity contribution in [3.8, 4) is 6.07 Å². The smallest absolute Gasteiger partial charge is 0.0882 e. The normalized spacial score (nSPS) is 45.1. The summed E-state index contributed by atoms with van der Waals surface area (Å²) in [6.07, 6.45) is 4.97. The van der Waals surface area contributed by atoms with Gasteiger partial charge < -0.3 is 9.84 Å². The Morgan fingerprint density at radius 3 is 1.95 bits per heavy atom. The number of nitriles is 1. The maximum Gasteiger partial charge on any atom is 0.0882 e. The average Bonchev–Trinajstić information content (AvgIpc) is 2.36. The molecule has 0 amide bonds.